The summed E-state index contributed by atoms with van der Waals surface area (Å²) in [5, 5.41) is 0. The van der Waals surface area contributed by atoms with Crippen LogP contribution in [0.3, 0.4) is 0 Å². The summed E-state index contributed by atoms with van der Waals surface area (Å²) in [7, 11) is 1.55. The number of rotatable bonds is 8. The normalized spacial score (nSPS) is 11.3. The van der Waals surface area contributed by atoms with Gasteiger partial charge in [0.2, 0.25) is 5.91 Å². The number of ether oxygens (including phenoxy) is 3. The van der Waals surface area contributed by atoms with Crippen molar-refractivity contribution in [3.8, 4) is 17.2 Å². The Hall–Kier alpha value is -3.22. The predicted octanol–water partition coefficient (Wildman–Crippen LogP) is 2.56. The molecule has 28 heavy (non-hydrogen) atoms. The Bertz CT molecular complexity index is 805. The molecule has 2 aromatic carbocycles. The first kappa shape index (κ1) is 21.1. The van der Waals surface area contributed by atoms with Crippen molar-refractivity contribution in [2.24, 2.45) is 0 Å². The highest BCUT2D eigenvalue weighted by atomic mass is 16.5. The fraction of sp³-hybridized carbons (Fsp3) is 0.333. The average Bonchev–Trinajstić information content (AvgIpc) is 2.68. The lowest BCUT2D eigenvalue weighted by molar-refractivity contribution is -0.132. The van der Waals surface area contributed by atoms with E-state index >= 15 is 0 Å². The number of carbonyl (C=O) groups is 2. The van der Waals surface area contributed by atoms with Crippen LogP contribution in [0.5, 0.6) is 17.2 Å². The van der Waals surface area contributed by atoms with Gasteiger partial charge in [0.05, 0.1) is 20.1 Å². The largest absolute Gasteiger partial charge is 0.496 e. The second-order valence-corrected chi connectivity index (χ2v) is 6.19. The van der Waals surface area contributed by atoms with E-state index in [9.17, 15) is 9.59 Å². The van der Waals surface area contributed by atoms with Crippen LogP contribution in [0.2, 0.25) is 0 Å². The molecular formula is C21H26N2O5. The average molecular weight is 386 g/mol. The van der Waals surface area contributed by atoms with Gasteiger partial charge in [-0.1, -0.05) is 17.7 Å². The quantitative estimate of drug-likeness (QED) is 0.681. The van der Waals surface area contributed by atoms with Crippen molar-refractivity contribution in [1.82, 2.24) is 10.9 Å². The molecule has 7 nitrogen and oxygen atoms in total. The first-order valence-corrected chi connectivity index (χ1v) is 9.04. The van der Waals surface area contributed by atoms with E-state index in [1.165, 1.54) is 0 Å². The lowest BCUT2D eigenvalue weighted by Gasteiger charge is -2.16. The van der Waals surface area contributed by atoms with Crippen LogP contribution in [0.1, 0.15) is 25.0 Å². The molecule has 0 heterocycles. The van der Waals surface area contributed by atoms with Crippen LogP contribution in [0.4, 0.5) is 0 Å². The maximum atomic E-state index is 12.2. The van der Waals surface area contributed by atoms with Crippen molar-refractivity contribution in [1.29, 1.82) is 0 Å². The zero-order chi connectivity index (χ0) is 20.5. The zero-order valence-electron chi connectivity index (χ0n) is 16.6. The van der Waals surface area contributed by atoms with Gasteiger partial charge < -0.3 is 14.2 Å². The van der Waals surface area contributed by atoms with E-state index in [1.807, 2.05) is 32.0 Å². The Balaban J connectivity index is 1.83. The number of carbonyl (C=O) groups excluding carboxylic acids is 2. The molecule has 7 heteroatoms. The molecule has 0 spiro atoms. The van der Waals surface area contributed by atoms with Gasteiger partial charge in [-0.2, -0.15) is 0 Å². The van der Waals surface area contributed by atoms with E-state index in [2.05, 4.69) is 10.9 Å². The summed E-state index contributed by atoms with van der Waals surface area (Å²) in [5.74, 6) is 1.07. The van der Waals surface area contributed by atoms with E-state index in [0.717, 1.165) is 16.9 Å². The number of benzene rings is 2. The van der Waals surface area contributed by atoms with Crippen molar-refractivity contribution < 1.29 is 23.8 Å². The minimum Gasteiger partial charge on any atom is -0.496 e. The molecule has 2 amide bonds. The van der Waals surface area contributed by atoms with E-state index < -0.39 is 12.0 Å². The highest BCUT2D eigenvalue weighted by Crippen LogP contribution is 2.20. The molecule has 2 N–H and O–H groups in total. The third kappa shape index (κ3) is 6.19. The molecule has 0 bridgehead atoms. The second kappa shape index (κ2) is 10.2. The van der Waals surface area contributed by atoms with Crippen molar-refractivity contribution in [3.05, 3.63) is 53.6 Å². The van der Waals surface area contributed by atoms with Gasteiger partial charge in [0, 0.05) is 5.56 Å². The number of hydrogen-bond donors (Lipinski definition) is 2. The number of methoxy groups -OCH3 is 1. The van der Waals surface area contributed by atoms with Gasteiger partial charge >= 0.3 is 0 Å². The van der Waals surface area contributed by atoms with Crippen LogP contribution in [0.25, 0.3) is 0 Å². The van der Waals surface area contributed by atoms with Gasteiger partial charge in [0.1, 0.15) is 17.2 Å². The molecule has 0 fully saturated rings. The minimum atomic E-state index is -0.785. The summed E-state index contributed by atoms with van der Waals surface area (Å²) in [4.78, 5) is 24.3. The third-order valence-electron chi connectivity index (χ3n) is 3.93. The summed E-state index contributed by atoms with van der Waals surface area (Å²) in [6.45, 7) is 6.01. The smallest absolute Gasteiger partial charge is 0.279 e. The fourth-order valence-electron chi connectivity index (χ4n) is 2.53. The molecule has 0 aliphatic heterocycles. The molecule has 0 aromatic heterocycles. The highest BCUT2D eigenvalue weighted by Gasteiger charge is 2.16. The van der Waals surface area contributed by atoms with Crippen LogP contribution in [-0.4, -0.2) is 31.6 Å². The molecule has 0 unspecified atom stereocenters. The molecule has 1 atom stereocenters. The Morgan fingerprint density at radius 3 is 2.36 bits per heavy atom. The topological polar surface area (TPSA) is 85.9 Å². The van der Waals surface area contributed by atoms with Crippen molar-refractivity contribution in [2.45, 2.75) is 33.3 Å². The SMILES string of the molecule is CCOc1ccc(O[C@H](C)C(=O)NNC(=O)Cc2cc(C)ccc2OC)cc1. The van der Waals surface area contributed by atoms with Crippen LogP contribution in [-0.2, 0) is 16.0 Å². The van der Waals surface area contributed by atoms with Gasteiger partial charge in [-0.25, -0.2) is 0 Å². The van der Waals surface area contributed by atoms with Gasteiger partial charge in [-0.15, -0.1) is 0 Å². The van der Waals surface area contributed by atoms with Crippen molar-refractivity contribution in [3.63, 3.8) is 0 Å². The highest BCUT2D eigenvalue weighted by molar-refractivity contribution is 5.85. The minimum absolute atomic E-state index is 0.0826. The molecule has 2 aromatic rings. The number of aryl methyl sites for hydroxylation is 1. The Kier molecular flexibility index (Phi) is 7.68. The first-order chi connectivity index (χ1) is 13.4. The van der Waals surface area contributed by atoms with E-state index in [1.54, 1.807) is 38.3 Å². The first-order valence-electron chi connectivity index (χ1n) is 9.04. The molecule has 150 valence electrons. The zero-order valence-corrected chi connectivity index (χ0v) is 16.6. The maximum Gasteiger partial charge on any atom is 0.279 e. The maximum absolute atomic E-state index is 12.2. The van der Waals surface area contributed by atoms with Crippen LogP contribution in [0, 0.1) is 6.92 Å². The number of hydrazine groups is 1. The number of amides is 2. The third-order valence-corrected chi connectivity index (χ3v) is 3.93. The Morgan fingerprint density at radius 2 is 1.71 bits per heavy atom. The van der Waals surface area contributed by atoms with Crippen molar-refractivity contribution >= 4 is 11.8 Å². The van der Waals surface area contributed by atoms with Crippen LogP contribution in [0.15, 0.2) is 42.5 Å². The molecule has 2 rings (SSSR count). The monoisotopic (exact) mass is 386 g/mol. The summed E-state index contributed by atoms with van der Waals surface area (Å²) >= 11 is 0. The summed E-state index contributed by atoms with van der Waals surface area (Å²) in [6, 6.07) is 12.6. The lowest BCUT2D eigenvalue weighted by atomic mass is 10.1. The lowest BCUT2D eigenvalue weighted by Crippen LogP contribution is -2.47. The van der Waals surface area contributed by atoms with Gasteiger partial charge in [-0.3, -0.25) is 20.4 Å². The van der Waals surface area contributed by atoms with E-state index in [0.29, 0.717) is 18.1 Å². The Morgan fingerprint density at radius 1 is 1.04 bits per heavy atom. The standard InChI is InChI=1S/C21H26N2O5/c1-5-27-17-7-9-18(10-8-17)28-15(3)21(25)23-22-20(24)13-16-12-14(2)6-11-19(16)26-4/h6-12,15H,5,13H2,1-4H3,(H,22,24)(H,23,25)/t15-/m1/s1. The summed E-state index contributed by atoms with van der Waals surface area (Å²) in [5.41, 5.74) is 6.54. The Labute approximate surface area is 165 Å². The summed E-state index contributed by atoms with van der Waals surface area (Å²) < 4.78 is 16.2. The molecule has 0 saturated carbocycles. The van der Waals surface area contributed by atoms with Gasteiger partial charge in [-0.05, 0) is 51.1 Å². The molecule has 0 aliphatic carbocycles. The predicted molar refractivity (Wildman–Crippen MR) is 105 cm³/mol. The number of hydrogen-bond acceptors (Lipinski definition) is 5. The molecular weight excluding hydrogens is 360 g/mol. The summed E-state index contributed by atoms with van der Waals surface area (Å²) in [6.07, 6.45) is -0.703. The van der Waals surface area contributed by atoms with Crippen molar-refractivity contribution in [2.75, 3.05) is 13.7 Å². The second-order valence-electron chi connectivity index (χ2n) is 6.19. The molecule has 0 saturated heterocycles. The molecule has 0 aliphatic rings. The van der Waals surface area contributed by atoms with Crippen LogP contribution < -0.4 is 25.1 Å². The van der Waals surface area contributed by atoms with Gasteiger partial charge in [0.25, 0.3) is 5.91 Å². The van der Waals surface area contributed by atoms with E-state index in [4.69, 9.17) is 14.2 Å². The number of nitrogens with one attached hydrogen (secondary N) is 2. The van der Waals surface area contributed by atoms with Crippen LogP contribution >= 0.6 is 0 Å². The van der Waals surface area contributed by atoms with E-state index in [-0.39, 0.29) is 12.3 Å². The van der Waals surface area contributed by atoms with Gasteiger partial charge in [0.15, 0.2) is 6.10 Å². The fourth-order valence-corrected chi connectivity index (χ4v) is 2.53. The molecule has 0 radical (unpaired) electrons.